The first-order valence-corrected chi connectivity index (χ1v) is 16.2. The average molecular weight is 591 g/mol. The van der Waals surface area contributed by atoms with Gasteiger partial charge < -0.3 is 9.13 Å². The summed E-state index contributed by atoms with van der Waals surface area (Å²) in [5.41, 5.74) is 9.77. The lowest BCUT2D eigenvalue weighted by Gasteiger charge is -2.11. The Labute approximate surface area is 263 Å². The van der Waals surface area contributed by atoms with Crippen molar-refractivity contribution in [3.8, 4) is 22.5 Å². The molecule has 0 aliphatic rings. The van der Waals surface area contributed by atoms with Gasteiger partial charge in [-0.1, -0.05) is 91.0 Å². The quantitative estimate of drug-likeness (QED) is 0.194. The first-order valence-electron chi connectivity index (χ1n) is 15.4. The van der Waals surface area contributed by atoms with Crippen molar-refractivity contribution in [3.63, 3.8) is 0 Å². The van der Waals surface area contributed by atoms with Crippen LogP contribution in [0.3, 0.4) is 0 Å². The van der Waals surface area contributed by atoms with Crippen LogP contribution in [0.2, 0.25) is 0 Å². The summed E-state index contributed by atoms with van der Waals surface area (Å²) in [6.45, 7) is 0. The fraction of sp³-hybridized carbons (Fsp3) is 0. The maximum absolute atomic E-state index is 2.46. The molecule has 2 nitrogen and oxygen atoms in total. The summed E-state index contributed by atoms with van der Waals surface area (Å²) in [6.07, 6.45) is 0. The zero-order valence-electron chi connectivity index (χ0n) is 24.3. The van der Waals surface area contributed by atoms with E-state index in [-0.39, 0.29) is 0 Å². The molecule has 0 N–H and O–H groups in total. The van der Waals surface area contributed by atoms with Crippen molar-refractivity contribution >= 4 is 75.1 Å². The molecule has 0 radical (unpaired) electrons. The third kappa shape index (κ3) is 3.56. The molecule has 3 aromatic heterocycles. The Balaban J connectivity index is 1.21. The van der Waals surface area contributed by atoms with Gasteiger partial charge in [0.05, 0.1) is 27.8 Å². The van der Waals surface area contributed by atoms with Crippen LogP contribution >= 0.6 is 11.3 Å². The van der Waals surface area contributed by atoms with Crippen LogP contribution in [0.4, 0.5) is 0 Å². The third-order valence-electron chi connectivity index (χ3n) is 9.31. The zero-order valence-corrected chi connectivity index (χ0v) is 25.1. The highest BCUT2D eigenvalue weighted by Crippen LogP contribution is 2.42. The van der Waals surface area contributed by atoms with Gasteiger partial charge in [0.25, 0.3) is 0 Å². The predicted octanol–water partition coefficient (Wildman–Crippen LogP) is 11.9. The summed E-state index contributed by atoms with van der Waals surface area (Å²) < 4.78 is 7.48. The van der Waals surface area contributed by atoms with E-state index >= 15 is 0 Å². The van der Waals surface area contributed by atoms with Crippen molar-refractivity contribution in [1.29, 1.82) is 0 Å². The number of nitrogens with zero attached hydrogens (tertiary/aromatic N) is 2. The average Bonchev–Trinajstić information content (AvgIpc) is 3.76. The van der Waals surface area contributed by atoms with E-state index < -0.39 is 0 Å². The molecule has 10 aromatic rings. The van der Waals surface area contributed by atoms with E-state index in [2.05, 4.69) is 167 Å². The minimum absolute atomic E-state index is 1.18. The van der Waals surface area contributed by atoms with Crippen molar-refractivity contribution in [2.75, 3.05) is 0 Å². The topological polar surface area (TPSA) is 9.86 Å². The minimum atomic E-state index is 1.18. The van der Waals surface area contributed by atoms with Crippen LogP contribution in [0.1, 0.15) is 0 Å². The van der Waals surface area contributed by atoms with Gasteiger partial charge in [-0.15, -0.1) is 11.3 Å². The van der Waals surface area contributed by atoms with Crippen LogP contribution in [0.15, 0.2) is 158 Å². The Bertz CT molecular complexity index is 2760. The number of rotatable bonds is 3. The molecule has 7 aromatic carbocycles. The Morgan fingerprint density at radius 3 is 1.60 bits per heavy atom. The highest BCUT2D eigenvalue weighted by molar-refractivity contribution is 7.25. The number of para-hydroxylation sites is 3. The van der Waals surface area contributed by atoms with E-state index in [9.17, 15) is 0 Å². The Kier molecular flexibility index (Phi) is 5.19. The second kappa shape index (κ2) is 9.43. The minimum Gasteiger partial charge on any atom is -0.309 e. The molecule has 0 saturated heterocycles. The number of hydrogen-bond donors (Lipinski definition) is 0. The van der Waals surface area contributed by atoms with Gasteiger partial charge in [-0.25, -0.2) is 0 Å². The molecule has 0 unspecified atom stereocenters. The largest absolute Gasteiger partial charge is 0.309 e. The zero-order chi connectivity index (χ0) is 29.5. The van der Waals surface area contributed by atoms with Crippen LogP contribution in [0.25, 0.3) is 86.3 Å². The maximum Gasteiger partial charge on any atom is 0.0555 e. The van der Waals surface area contributed by atoms with Gasteiger partial charge in [0.1, 0.15) is 0 Å². The molecule has 3 heterocycles. The van der Waals surface area contributed by atoms with Crippen molar-refractivity contribution in [3.05, 3.63) is 158 Å². The molecule has 10 rings (SSSR count). The molecule has 210 valence electrons. The molecule has 45 heavy (non-hydrogen) atoms. The molecule has 3 heteroatoms. The number of thiophene rings is 1. The summed E-state index contributed by atoms with van der Waals surface area (Å²) in [5, 5.41) is 7.72. The third-order valence-corrected chi connectivity index (χ3v) is 10.5. The van der Waals surface area contributed by atoms with Crippen molar-refractivity contribution in [2.45, 2.75) is 0 Å². The second-order valence-electron chi connectivity index (χ2n) is 11.8. The van der Waals surface area contributed by atoms with E-state index in [1.807, 2.05) is 11.3 Å². The van der Waals surface area contributed by atoms with Gasteiger partial charge in [0.2, 0.25) is 0 Å². The lowest BCUT2D eigenvalue weighted by atomic mass is 10.0. The van der Waals surface area contributed by atoms with E-state index in [4.69, 9.17) is 0 Å². The lowest BCUT2D eigenvalue weighted by Crippen LogP contribution is -1.94. The van der Waals surface area contributed by atoms with E-state index in [1.54, 1.807) is 0 Å². The molecule has 0 saturated carbocycles. The summed E-state index contributed by atoms with van der Waals surface area (Å²) in [5.74, 6) is 0. The van der Waals surface area contributed by atoms with Crippen molar-refractivity contribution < 1.29 is 0 Å². The summed E-state index contributed by atoms with van der Waals surface area (Å²) >= 11 is 1.87. The normalized spacial score (nSPS) is 12.0. The fourth-order valence-electron chi connectivity index (χ4n) is 7.36. The number of fused-ring (bicyclic) bond motifs is 9. The lowest BCUT2D eigenvalue weighted by molar-refractivity contribution is 1.18. The van der Waals surface area contributed by atoms with Gasteiger partial charge >= 0.3 is 0 Å². The number of aromatic nitrogens is 2. The first kappa shape index (κ1) is 24.8. The van der Waals surface area contributed by atoms with Gasteiger partial charge in [-0.2, -0.15) is 0 Å². The van der Waals surface area contributed by atoms with Crippen LogP contribution in [-0.4, -0.2) is 9.13 Å². The molecule has 0 aliphatic carbocycles. The van der Waals surface area contributed by atoms with Gasteiger partial charge in [-0.3, -0.25) is 0 Å². The number of benzene rings is 7. The molecule has 0 amide bonds. The standard InChI is InChI=1S/C42H26N2S/c1-2-11-29(12-3-1)43-35-16-7-4-13-30(35)33-25-27(21-23-37(33)43)28-22-24-38-34(26-28)31-14-5-8-17-36(31)44(38)39-18-10-20-41-42(39)32-15-6-9-19-40(32)45-41/h1-26H. The second-order valence-corrected chi connectivity index (χ2v) is 12.8. The fourth-order valence-corrected chi connectivity index (χ4v) is 8.49. The molecular weight excluding hydrogens is 565 g/mol. The monoisotopic (exact) mass is 590 g/mol. The van der Waals surface area contributed by atoms with Crippen LogP contribution < -0.4 is 0 Å². The van der Waals surface area contributed by atoms with Crippen LogP contribution in [0.5, 0.6) is 0 Å². The molecule has 0 atom stereocenters. The highest BCUT2D eigenvalue weighted by atomic mass is 32.1. The molecule has 0 aliphatic heterocycles. The van der Waals surface area contributed by atoms with Gasteiger partial charge in [0.15, 0.2) is 0 Å². The summed E-state index contributed by atoms with van der Waals surface area (Å²) in [6, 6.07) is 57.7. The molecule has 0 bridgehead atoms. The molecule has 0 fully saturated rings. The Morgan fingerprint density at radius 1 is 0.356 bits per heavy atom. The number of hydrogen-bond acceptors (Lipinski definition) is 1. The van der Waals surface area contributed by atoms with E-state index in [1.165, 1.54) is 86.3 Å². The maximum atomic E-state index is 2.46. The Hall–Kier alpha value is -5.64. The first-order chi connectivity index (χ1) is 22.3. The highest BCUT2D eigenvalue weighted by Gasteiger charge is 2.18. The van der Waals surface area contributed by atoms with E-state index in [0.29, 0.717) is 0 Å². The Morgan fingerprint density at radius 2 is 0.889 bits per heavy atom. The SMILES string of the molecule is c1ccc(-n2c3ccccc3c3cc(-c4ccc5c(c4)c4ccccc4n5-c4cccc5sc6ccccc6c45)ccc32)cc1. The van der Waals surface area contributed by atoms with E-state index in [0.717, 1.165) is 0 Å². The van der Waals surface area contributed by atoms with Crippen molar-refractivity contribution in [1.82, 2.24) is 9.13 Å². The van der Waals surface area contributed by atoms with Gasteiger partial charge in [-0.05, 0) is 77.9 Å². The van der Waals surface area contributed by atoms with Gasteiger partial charge in [0, 0.05) is 47.4 Å². The summed E-state index contributed by atoms with van der Waals surface area (Å²) in [4.78, 5) is 0. The van der Waals surface area contributed by atoms with Crippen LogP contribution in [-0.2, 0) is 0 Å². The smallest absolute Gasteiger partial charge is 0.0555 e. The molecular formula is C42H26N2S. The molecule has 0 spiro atoms. The summed E-state index contributed by atoms with van der Waals surface area (Å²) in [7, 11) is 0. The predicted molar refractivity (Wildman–Crippen MR) is 193 cm³/mol. The van der Waals surface area contributed by atoms with Crippen molar-refractivity contribution in [2.24, 2.45) is 0 Å². The van der Waals surface area contributed by atoms with Crippen LogP contribution in [0, 0.1) is 0 Å².